The molecule has 1 fully saturated rings. The molecule has 2 aliphatic rings. The van der Waals surface area contributed by atoms with Crippen LogP contribution < -0.4 is 4.90 Å². The van der Waals surface area contributed by atoms with Crippen LogP contribution in [0.15, 0.2) is 106 Å². The predicted molar refractivity (Wildman–Crippen MR) is 170 cm³/mol. The number of hydrogen-bond donors (Lipinski definition) is 1. The van der Waals surface area contributed by atoms with E-state index in [0.717, 1.165) is 54.7 Å². The standard InChI is InChI=1S/C32H32N6O3S2/c1-35(2)43(40,41)28-15-13-25(14-16-28)30-26(23-38(34-30)27-11-7-4-8-12-27)21-29-31(39)33-32(42-29)37-19-17-36(18-20-37)22-24-9-5-3-6-10-24/h3-16,21,23H,17-20,22H2,1-2H3/p+1/b29-21-. The molecular weight excluding hydrogens is 581 g/mol. The van der Waals surface area contributed by atoms with Crippen molar-refractivity contribution in [1.82, 2.24) is 19.0 Å². The Balaban J connectivity index is 1.23. The van der Waals surface area contributed by atoms with Crippen LogP contribution in [-0.2, 0) is 21.4 Å². The number of quaternary nitrogens is 1. The number of carbonyl (C=O) groups is 1. The van der Waals surface area contributed by atoms with Gasteiger partial charge in [0.25, 0.3) is 5.91 Å². The van der Waals surface area contributed by atoms with Gasteiger partial charge in [0.2, 0.25) is 10.0 Å². The van der Waals surface area contributed by atoms with Crippen molar-refractivity contribution in [2.75, 3.05) is 40.3 Å². The van der Waals surface area contributed by atoms with Crippen LogP contribution >= 0.6 is 11.8 Å². The summed E-state index contributed by atoms with van der Waals surface area (Å²) >= 11 is 1.40. The van der Waals surface area contributed by atoms with E-state index in [1.54, 1.807) is 28.9 Å². The Morgan fingerprint density at radius 2 is 1.58 bits per heavy atom. The molecule has 0 aliphatic carbocycles. The average Bonchev–Trinajstić information content (AvgIpc) is 3.62. The molecule has 220 valence electrons. The summed E-state index contributed by atoms with van der Waals surface area (Å²) in [5, 5.41) is 5.58. The summed E-state index contributed by atoms with van der Waals surface area (Å²) in [6.07, 6.45) is 3.73. The first-order valence-corrected chi connectivity index (χ1v) is 16.4. The molecule has 0 unspecified atom stereocenters. The molecule has 11 heteroatoms. The van der Waals surface area contributed by atoms with Crippen LogP contribution in [0.3, 0.4) is 0 Å². The molecule has 0 radical (unpaired) electrons. The van der Waals surface area contributed by atoms with Crippen LogP contribution in [0.5, 0.6) is 0 Å². The molecule has 0 atom stereocenters. The Kier molecular flexibility index (Phi) is 8.31. The second-order valence-corrected chi connectivity index (χ2v) is 13.9. The number of amides is 1. The molecule has 6 rings (SSSR count). The topological polar surface area (TPSA) is 92.3 Å². The van der Waals surface area contributed by atoms with E-state index in [1.807, 2.05) is 48.7 Å². The molecule has 0 spiro atoms. The molecule has 3 heterocycles. The molecule has 0 bridgehead atoms. The lowest BCUT2D eigenvalue weighted by Gasteiger charge is -2.32. The first-order chi connectivity index (χ1) is 20.8. The summed E-state index contributed by atoms with van der Waals surface area (Å²) < 4.78 is 28.2. The van der Waals surface area contributed by atoms with Crippen LogP contribution in [0.2, 0.25) is 0 Å². The first-order valence-electron chi connectivity index (χ1n) is 14.1. The minimum atomic E-state index is -3.56. The molecule has 1 N–H and O–H groups in total. The maximum atomic E-state index is 13.1. The van der Waals surface area contributed by atoms with E-state index in [1.165, 1.54) is 40.6 Å². The lowest BCUT2D eigenvalue weighted by molar-refractivity contribution is -0.917. The monoisotopic (exact) mass is 613 g/mol. The molecule has 1 aromatic heterocycles. The molecule has 43 heavy (non-hydrogen) atoms. The Labute approximate surface area is 256 Å². The minimum absolute atomic E-state index is 0.203. The van der Waals surface area contributed by atoms with E-state index in [0.29, 0.717) is 10.6 Å². The predicted octanol–water partition coefficient (Wildman–Crippen LogP) is 3.16. The zero-order chi connectivity index (χ0) is 30.0. The van der Waals surface area contributed by atoms with Gasteiger partial charge in [-0.2, -0.15) is 10.1 Å². The number of hydrogen-bond acceptors (Lipinski definition) is 6. The smallest absolute Gasteiger partial charge is 0.286 e. The molecule has 9 nitrogen and oxygen atoms in total. The van der Waals surface area contributed by atoms with Gasteiger partial charge in [-0.25, -0.2) is 17.4 Å². The first kappa shape index (κ1) is 29.1. The zero-order valence-corrected chi connectivity index (χ0v) is 25.7. The van der Waals surface area contributed by atoms with Gasteiger partial charge >= 0.3 is 0 Å². The summed E-state index contributed by atoms with van der Waals surface area (Å²) in [5.74, 6) is -0.259. The van der Waals surface area contributed by atoms with Gasteiger partial charge in [0.15, 0.2) is 5.17 Å². The summed E-state index contributed by atoms with van der Waals surface area (Å²) in [5.41, 5.74) is 4.34. The summed E-state index contributed by atoms with van der Waals surface area (Å²) in [7, 11) is -0.545. The van der Waals surface area contributed by atoms with Crippen molar-refractivity contribution in [3.63, 3.8) is 0 Å². The third-order valence-electron chi connectivity index (χ3n) is 7.60. The van der Waals surface area contributed by atoms with Gasteiger partial charge in [-0.3, -0.25) is 4.79 Å². The fourth-order valence-electron chi connectivity index (χ4n) is 5.18. The van der Waals surface area contributed by atoms with Gasteiger partial charge in [-0.05, 0) is 42.1 Å². The largest absolute Gasteiger partial charge is 0.339 e. The maximum absolute atomic E-state index is 13.1. The van der Waals surface area contributed by atoms with E-state index >= 15 is 0 Å². The van der Waals surface area contributed by atoms with E-state index in [9.17, 15) is 13.2 Å². The fourth-order valence-corrected chi connectivity index (χ4v) is 7.03. The molecule has 1 amide bonds. The van der Waals surface area contributed by atoms with Gasteiger partial charge in [-0.1, -0.05) is 60.7 Å². The van der Waals surface area contributed by atoms with Gasteiger partial charge in [0.05, 0.1) is 47.4 Å². The number of rotatable bonds is 7. The fraction of sp³-hybridized carbons (Fsp3) is 0.219. The van der Waals surface area contributed by atoms with Gasteiger partial charge in [-0.15, -0.1) is 0 Å². The molecule has 0 saturated carbocycles. The van der Waals surface area contributed by atoms with Gasteiger partial charge in [0, 0.05) is 37.0 Å². The Bertz CT molecular complexity index is 1780. The van der Waals surface area contributed by atoms with Crippen molar-refractivity contribution in [1.29, 1.82) is 0 Å². The van der Waals surface area contributed by atoms with E-state index < -0.39 is 10.0 Å². The molecular formula is C32H33N6O3S2+. The highest BCUT2D eigenvalue weighted by Gasteiger charge is 2.30. The zero-order valence-electron chi connectivity index (χ0n) is 24.1. The molecule has 1 saturated heterocycles. The highest BCUT2D eigenvalue weighted by Crippen LogP contribution is 2.33. The van der Waals surface area contributed by atoms with Crippen LogP contribution in [0.4, 0.5) is 0 Å². The molecule has 3 aromatic carbocycles. The number of sulfonamides is 1. The normalized spacial score (nSPS) is 17.2. The van der Waals surface area contributed by atoms with E-state index in [-0.39, 0.29) is 10.8 Å². The van der Waals surface area contributed by atoms with E-state index in [4.69, 9.17) is 5.10 Å². The second kappa shape index (κ2) is 12.3. The number of aliphatic imine (C=N–C) groups is 1. The van der Waals surface area contributed by atoms with Gasteiger partial charge < -0.3 is 9.80 Å². The van der Waals surface area contributed by atoms with Crippen LogP contribution in [0.25, 0.3) is 23.0 Å². The summed E-state index contributed by atoms with van der Waals surface area (Å²) in [6, 6.07) is 26.9. The average molecular weight is 614 g/mol. The number of amidine groups is 1. The number of piperazine rings is 1. The van der Waals surface area contributed by atoms with Crippen molar-refractivity contribution < 1.29 is 18.1 Å². The van der Waals surface area contributed by atoms with Crippen molar-refractivity contribution >= 4 is 38.9 Å². The lowest BCUT2D eigenvalue weighted by Crippen LogP contribution is -3.13. The second-order valence-electron chi connectivity index (χ2n) is 10.7. The highest BCUT2D eigenvalue weighted by atomic mass is 32.2. The Morgan fingerprint density at radius 3 is 2.23 bits per heavy atom. The number of carbonyl (C=O) groups excluding carboxylic acids is 1. The third-order valence-corrected chi connectivity index (χ3v) is 10.5. The lowest BCUT2D eigenvalue weighted by atomic mass is 10.1. The summed E-state index contributed by atoms with van der Waals surface area (Å²) in [6.45, 7) is 4.64. The molecule has 4 aromatic rings. The van der Waals surface area contributed by atoms with Crippen molar-refractivity contribution in [2.24, 2.45) is 4.99 Å². The minimum Gasteiger partial charge on any atom is -0.339 e. The number of para-hydroxylation sites is 1. The summed E-state index contributed by atoms with van der Waals surface area (Å²) in [4.78, 5) is 22.0. The van der Waals surface area contributed by atoms with Crippen LogP contribution in [0, 0.1) is 0 Å². The number of nitrogens with zero attached hydrogens (tertiary/aromatic N) is 5. The van der Waals surface area contributed by atoms with Crippen molar-refractivity contribution in [3.8, 4) is 16.9 Å². The number of aromatic nitrogens is 2. The van der Waals surface area contributed by atoms with Crippen molar-refractivity contribution in [2.45, 2.75) is 11.4 Å². The maximum Gasteiger partial charge on any atom is 0.286 e. The SMILES string of the molecule is CN(C)S(=O)(=O)c1ccc(-c2nn(-c3ccccc3)cc2/C=C2\SC(N3CC[NH+](Cc4ccccc4)CC3)=NC2=O)cc1. The Morgan fingerprint density at radius 1 is 0.930 bits per heavy atom. The molecule has 2 aliphatic heterocycles. The Hall–Kier alpha value is -4.03. The number of thioether (sulfide) groups is 1. The van der Waals surface area contributed by atoms with Crippen LogP contribution in [0.1, 0.15) is 11.1 Å². The van der Waals surface area contributed by atoms with Crippen molar-refractivity contribution in [3.05, 3.63) is 107 Å². The van der Waals surface area contributed by atoms with E-state index in [2.05, 4.69) is 34.2 Å². The quantitative estimate of drug-likeness (QED) is 0.322. The van der Waals surface area contributed by atoms with Crippen LogP contribution in [-0.4, -0.2) is 78.8 Å². The van der Waals surface area contributed by atoms with Gasteiger partial charge in [0.1, 0.15) is 6.54 Å². The number of nitrogens with one attached hydrogen (secondary N) is 1. The number of benzene rings is 3. The third kappa shape index (κ3) is 6.35. The highest BCUT2D eigenvalue weighted by molar-refractivity contribution is 8.18.